The number of rotatable bonds is 6. The van der Waals surface area contributed by atoms with Gasteiger partial charge in [0.1, 0.15) is 0 Å². The largest absolute Gasteiger partial charge is 0.494 e. The molecular weight excluding hydrogens is 857 g/mol. The predicted octanol–water partition coefficient (Wildman–Crippen LogP) is 5.27. The molecule has 5 fully saturated rings. The van der Waals surface area contributed by atoms with Crippen LogP contribution in [-0.4, -0.2) is 156 Å². The summed E-state index contributed by atoms with van der Waals surface area (Å²) >= 11 is 3.46. The molecule has 0 N–H and O–H groups in total. The van der Waals surface area contributed by atoms with Crippen molar-refractivity contribution in [3.05, 3.63) is 53.0 Å². The van der Waals surface area contributed by atoms with Crippen LogP contribution in [0.5, 0.6) is 0 Å². The zero-order chi connectivity index (χ0) is 46.2. The van der Waals surface area contributed by atoms with Gasteiger partial charge in [-0.15, -0.1) is 0 Å². The number of nitrogens with zero attached hydrogens (tertiary/aromatic N) is 4. The number of benzene rings is 2. The number of hydrogen-bond donors (Lipinski definition) is 0. The zero-order valence-corrected chi connectivity index (χ0v) is 41.6. The van der Waals surface area contributed by atoms with Crippen LogP contribution in [0.15, 0.2) is 53.0 Å². The van der Waals surface area contributed by atoms with Crippen molar-refractivity contribution < 1.29 is 47.0 Å². The van der Waals surface area contributed by atoms with Crippen molar-refractivity contribution in [1.82, 2.24) is 9.80 Å². The SMILES string of the molecule is CC1(C)OB(B2OC(C)(C)C(C)(C)O2)OC1(C)C.CN(C)C(=O)C1CN(c2cccc(B3OC(C)(C)C(C)(C)O3)c2)CCO1.CN(C)C(=O)C1CN(c2cccc(Br)c2)CCO1. The summed E-state index contributed by atoms with van der Waals surface area (Å²) in [4.78, 5) is 31.7. The van der Waals surface area contributed by atoms with E-state index in [2.05, 4.69) is 71.6 Å². The third-order valence-corrected chi connectivity index (χ3v) is 13.8. The lowest BCUT2D eigenvalue weighted by Gasteiger charge is -2.35. The van der Waals surface area contributed by atoms with Crippen LogP contribution in [0.3, 0.4) is 0 Å². The van der Waals surface area contributed by atoms with E-state index in [4.69, 9.17) is 37.4 Å². The number of morpholine rings is 2. The van der Waals surface area contributed by atoms with Crippen molar-refractivity contribution in [1.29, 1.82) is 0 Å². The van der Waals surface area contributed by atoms with E-state index in [0.717, 1.165) is 34.4 Å². The van der Waals surface area contributed by atoms with Gasteiger partial charge in [0.15, 0.2) is 12.2 Å². The molecule has 14 nitrogen and oxygen atoms in total. The Hall–Kier alpha value is -2.67. The van der Waals surface area contributed by atoms with Crippen molar-refractivity contribution in [3.63, 3.8) is 0 Å². The van der Waals surface area contributed by atoms with Crippen LogP contribution in [0.1, 0.15) is 83.1 Å². The van der Waals surface area contributed by atoms with Crippen molar-refractivity contribution in [2.24, 2.45) is 0 Å². The van der Waals surface area contributed by atoms with E-state index >= 15 is 0 Å². The molecule has 2 aromatic rings. The molecular formula is C44H70B3BrN4O10. The molecule has 0 radical (unpaired) electrons. The molecule has 62 heavy (non-hydrogen) atoms. The number of carbonyl (C=O) groups excluding carboxylic acids is 2. The molecule has 342 valence electrons. The highest BCUT2D eigenvalue weighted by Gasteiger charge is 2.63. The summed E-state index contributed by atoms with van der Waals surface area (Å²) in [7, 11) is 5.67. The molecule has 5 saturated heterocycles. The minimum Gasteiger partial charge on any atom is -0.405 e. The summed E-state index contributed by atoms with van der Waals surface area (Å²) in [5.41, 5.74) is 0.987. The van der Waals surface area contributed by atoms with Crippen molar-refractivity contribution >= 4 is 65.7 Å². The smallest absolute Gasteiger partial charge is 0.405 e. The quantitative estimate of drug-likeness (QED) is 0.352. The Balaban J connectivity index is 0.000000181. The van der Waals surface area contributed by atoms with Crippen LogP contribution < -0.4 is 15.3 Å². The van der Waals surface area contributed by atoms with E-state index in [1.807, 2.05) is 85.7 Å². The van der Waals surface area contributed by atoms with E-state index in [1.165, 1.54) is 0 Å². The summed E-state index contributed by atoms with van der Waals surface area (Å²) < 4.78 is 48.4. The van der Waals surface area contributed by atoms with Gasteiger partial charge in [-0.05, 0) is 119 Å². The van der Waals surface area contributed by atoms with E-state index in [-0.39, 0.29) is 58.6 Å². The van der Waals surface area contributed by atoms with E-state index in [9.17, 15) is 9.59 Å². The van der Waals surface area contributed by atoms with Crippen LogP contribution >= 0.6 is 15.9 Å². The normalized spacial score (nSPS) is 25.3. The third kappa shape index (κ3) is 11.4. The molecule has 5 aliphatic heterocycles. The highest BCUT2D eigenvalue weighted by molar-refractivity contribution is 9.10. The van der Waals surface area contributed by atoms with E-state index < -0.39 is 20.1 Å². The van der Waals surface area contributed by atoms with Crippen molar-refractivity contribution in [3.8, 4) is 0 Å². The highest BCUT2D eigenvalue weighted by atomic mass is 79.9. The number of carbonyl (C=O) groups is 2. The number of hydrogen-bond acceptors (Lipinski definition) is 12. The van der Waals surface area contributed by atoms with Gasteiger partial charge in [-0.1, -0.05) is 34.1 Å². The number of amides is 2. The monoisotopic (exact) mass is 926 g/mol. The fraction of sp³-hybridized carbons (Fsp3) is 0.682. The lowest BCUT2D eigenvalue weighted by molar-refractivity contribution is -0.142. The lowest BCUT2D eigenvalue weighted by Crippen LogP contribution is -2.49. The molecule has 2 aromatic carbocycles. The lowest BCUT2D eigenvalue weighted by atomic mass is 9.49. The number of halogens is 1. The van der Waals surface area contributed by atoms with E-state index in [1.54, 1.807) is 38.0 Å². The number of likely N-dealkylation sites (N-methyl/N-ethyl adjacent to an activating group) is 2. The molecule has 0 aromatic heterocycles. The van der Waals surface area contributed by atoms with Crippen LogP contribution in [0.2, 0.25) is 0 Å². The van der Waals surface area contributed by atoms with Gasteiger partial charge in [-0.25, -0.2) is 0 Å². The van der Waals surface area contributed by atoms with Gasteiger partial charge >= 0.3 is 21.1 Å². The molecule has 2 amide bonds. The average Bonchev–Trinajstić information content (AvgIpc) is 3.67. The van der Waals surface area contributed by atoms with Gasteiger partial charge in [-0.3, -0.25) is 9.59 Å². The topological polar surface area (TPSA) is 121 Å². The second kappa shape index (κ2) is 19.0. The number of anilines is 2. The van der Waals surface area contributed by atoms with Crippen molar-refractivity contribution in [2.75, 3.05) is 77.4 Å². The molecule has 5 heterocycles. The van der Waals surface area contributed by atoms with E-state index in [0.29, 0.717) is 26.3 Å². The summed E-state index contributed by atoms with van der Waals surface area (Å²) in [5.74, 6) is 0.0199. The van der Waals surface area contributed by atoms with Crippen LogP contribution in [0, 0.1) is 0 Å². The Kier molecular flexibility index (Phi) is 15.5. The first kappa shape index (κ1) is 50.3. The fourth-order valence-electron chi connectivity index (χ4n) is 7.16. The minimum atomic E-state index is -0.476. The summed E-state index contributed by atoms with van der Waals surface area (Å²) in [6.07, 6.45) is -0.799. The fourth-order valence-corrected chi connectivity index (χ4v) is 7.55. The third-order valence-electron chi connectivity index (χ3n) is 13.3. The second-order valence-corrected chi connectivity index (χ2v) is 20.9. The molecule has 2 unspecified atom stereocenters. The average molecular weight is 927 g/mol. The first-order valence-electron chi connectivity index (χ1n) is 21.6. The molecule has 7 rings (SSSR count). The Labute approximate surface area is 380 Å². The molecule has 18 heteroatoms. The van der Waals surface area contributed by atoms with Gasteiger partial charge in [0.2, 0.25) is 0 Å². The maximum Gasteiger partial charge on any atom is 0.494 e. The van der Waals surface area contributed by atoms with Gasteiger partial charge in [0.05, 0.1) is 59.9 Å². The Bertz CT molecular complexity index is 1800. The summed E-state index contributed by atoms with van der Waals surface area (Å²) in [5, 5.41) is 0. The Morgan fingerprint density at radius 1 is 0.565 bits per heavy atom. The number of ether oxygens (including phenoxy) is 2. The second-order valence-electron chi connectivity index (χ2n) is 20.0. The molecule has 0 bridgehead atoms. The van der Waals surface area contributed by atoms with Gasteiger partial charge in [0, 0.05) is 57.1 Å². The summed E-state index contributed by atoms with van der Waals surface area (Å²) in [6.45, 7) is 28.2. The van der Waals surface area contributed by atoms with Crippen LogP contribution in [0.4, 0.5) is 11.4 Å². The standard InChI is InChI=1S/C19H29BN2O4.C13H17BrN2O2.C12H24B2O4/c1-18(2)19(3,4)26-20(25-18)14-8-7-9-15(12-14)22-10-11-24-16(13-22)17(23)21(5)6;1-15(2)13(17)12-9-16(6-7-18-12)11-5-3-4-10(14)8-11;1-9(2)10(3,4)16-13(15-9)14-17-11(5,6)12(7,8)18-14/h7-9,12,16H,10-11,13H2,1-6H3;3-5,8,12H,6-7,9H2,1-2H3;1-8H3. The molecule has 0 spiro atoms. The van der Waals surface area contributed by atoms with Gasteiger partial charge < -0.3 is 57.0 Å². The molecule has 5 aliphatic rings. The van der Waals surface area contributed by atoms with Gasteiger partial charge in [-0.2, -0.15) is 0 Å². The highest BCUT2D eigenvalue weighted by Crippen LogP contribution is 2.43. The first-order chi connectivity index (χ1) is 28.6. The molecule has 0 saturated carbocycles. The Morgan fingerprint density at radius 2 is 0.919 bits per heavy atom. The Morgan fingerprint density at radius 3 is 1.29 bits per heavy atom. The zero-order valence-electron chi connectivity index (χ0n) is 40.0. The van der Waals surface area contributed by atoms with Crippen LogP contribution in [0.25, 0.3) is 0 Å². The van der Waals surface area contributed by atoms with Crippen molar-refractivity contribution in [2.45, 2.75) is 129 Å². The van der Waals surface area contributed by atoms with Crippen LogP contribution in [-0.2, 0) is 47.0 Å². The molecule has 0 aliphatic carbocycles. The molecule has 2 atom stereocenters. The van der Waals surface area contributed by atoms with Gasteiger partial charge in [0.25, 0.3) is 11.8 Å². The first-order valence-corrected chi connectivity index (χ1v) is 22.4. The minimum absolute atomic E-state index is 0.00295. The summed E-state index contributed by atoms with van der Waals surface area (Å²) in [6, 6.07) is 16.3. The maximum atomic E-state index is 12.2. The predicted molar refractivity (Wildman–Crippen MR) is 250 cm³/mol. The maximum absolute atomic E-state index is 12.2.